The molecule has 6 heteroatoms. The molecule has 1 N–H and O–H groups in total. The molecule has 2 rings (SSSR count). The second kappa shape index (κ2) is 6.85. The predicted octanol–water partition coefficient (Wildman–Crippen LogP) is 2.42. The van der Waals surface area contributed by atoms with Gasteiger partial charge in [-0.25, -0.2) is 4.79 Å². The van der Waals surface area contributed by atoms with E-state index >= 15 is 0 Å². The van der Waals surface area contributed by atoms with Crippen LogP contribution in [0.4, 0.5) is 5.69 Å². The highest BCUT2D eigenvalue weighted by Gasteiger charge is 2.25. The van der Waals surface area contributed by atoms with E-state index in [1.807, 2.05) is 19.1 Å². The van der Waals surface area contributed by atoms with E-state index in [0.717, 1.165) is 16.5 Å². The Labute approximate surface area is 125 Å². The molecule has 1 aliphatic heterocycles. The molecule has 1 unspecified atom stereocenters. The van der Waals surface area contributed by atoms with E-state index in [1.54, 1.807) is 6.07 Å². The summed E-state index contributed by atoms with van der Waals surface area (Å²) in [6.07, 6.45) is 0.987. The van der Waals surface area contributed by atoms with Gasteiger partial charge in [0.15, 0.2) is 12.7 Å². The number of halogens is 1. The lowest BCUT2D eigenvalue weighted by atomic mass is 10.2. The lowest BCUT2D eigenvalue weighted by Gasteiger charge is -2.11. The van der Waals surface area contributed by atoms with Crippen LogP contribution < -0.4 is 5.32 Å². The SMILES string of the molecule is Cc1ccc(NC(=O)COC(=O)C2CCCO2)c(Br)c1. The van der Waals surface area contributed by atoms with Gasteiger partial charge in [-0.05, 0) is 53.4 Å². The molecular formula is C14H16BrNO4. The Kier molecular flexibility index (Phi) is 5.14. The third kappa shape index (κ3) is 4.05. The first kappa shape index (κ1) is 15.0. The van der Waals surface area contributed by atoms with Gasteiger partial charge in [0.05, 0.1) is 5.69 Å². The zero-order valence-electron chi connectivity index (χ0n) is 11.1. The molecule has 1 aromatic carbocycles. The van der Waals surface area contributed by atoms with E-state index < -0.39 is 12.1 Å². The van der Waals surface area contributed by atoms with Crippen LogP contribution in [0.5, 0.6) is 0 Å². The lowest BCUT2D eigenvalue weighted by Crippen LogP contribution is -2.27. The molecule has 0 bridgehead atoms. The highest BCUT2D eigenvalue weighted by atomic mass is 79.9. The summed E-state index contributed by atoms with van der Waals surface area (Å²) in [5.74, 6) is -0.846. The molecular weight excluding hydrogens is 326 g/mol. The number of anilines is 1. The van der Waals surface area contributed by atoms with Crippen molar-refractivity contribution in [2.24, 2.45) is 0 Å². The molecule has 1 heterocycles. The Morgan fingerprint density at radius 2 is 2.30 bits per heavy atom. The van der Waals surface area contributed by atoms with Gasteiger partial charge < -0.3 is 14.8 Å². The average molecular weight is 342 g/mol. The number of ether oxygens (including phenoxy) is 2. The fraction of sp³-hybridized carbons (Fsp3) is 0.429. The minimum atomic E-state index is -0.520. The highest BCUT2D eigenvalue weighted by molar-refractivity contribution is 9.10. The van der Waals surface area contributed by atoms with Crippen LogP contribution in [0.15, 0.2) is 22.7 Å². The van der Waals surface area contributed by atoms with Crippen molar-refractivity contribution in [2.75, 3.05) is 18.5 Å². The first-order chi connectivity index (χ1) is 9.56. The van der Waals surface area contributed by atoms with E-state index in [0.29, 0.717) is 18.7 Å². The maximum Gasteiger partial charge on any atom is 0.335 e. The van der Waals surface area contributed by atoms with Crippen LogP contribution >= 0.6 is 15.9 Å². The first-order valence-electron chi connectivity index (χ1n) is 6.40. The number of carbonyl (C=O) groups is 2. The molecule has 1 aliphatic rings. The van der Waals surface area contributed by atoms with Crippen LogP contribution in [0.3, 0.4) is 0 Å². The molecule has 5 nitrogen and oxygen atoms in total. The van der Waals surface area contributed by atoms with Crippen LogP contribution in [0.2, 0.25) is 0 Å². The Hall–Kier alpha value is -1.40. The van der Waals surface area contributed by atoms with Crippen LogP contribution in [-0.2, 0) is 19.1 Å². The summed E-state index contributed by atoms with van der Waals surface area (Å²) >= 11 is 3.37. The monoisotopic (exact) mass is 341 g/mol. The van der Waals surface area contributed by atoms with Crippen LogP contribution in [0, 0.1) is 6.92 Å². The molecule has 0 aliphatic carbocycles. The third-order valence-corrected chi connectivity index (χ3v) is 3.59. The van der Waals surface area contributed by atoms with Crippen molar-refractivity contribution in [2.45, 2.75) is 25.9 Å². The number of carbonyl (C=O) groups excluding carboxylic acids is 2. The largest absolute Gasteiger partial charge is 0.454 e. The number of benzene rings is 1. The van der Waals surface area contributed by atoms with Crippen molar-refractivity contribution in [3.63, 3.8) is 0 Å². The predicted molar refractivity (Wildman–Crippen MR) is 77.4 cm³/mol. The van der Waals surface area contributed by atoms with Gasteiger partial charge in [-0.1, -0.05) is 6.07 Å². The standard InChI is InChI=1S/C14H16BrNO4/c1-9-4-5-11(10(15)7-9)16-13(17)8-20-14(18)12-3-2-6-19-12/h4-5,7,12H,2-3,6,8H2,1H3,(H,16,17). The smallest absolute Gasteiger partial charge is 0.335 e. The number of hydrogen-bond donors (Lipinski definition) is 1. The van der Waals surface area contributed by atoms with Crippen LogP contribution in [0.25, 0.3) is 0 Å². The van der Waals surface area contributed by atoms with Gasteiger partial charge in [-0.15, -0.1) is 0 Å². The van der Waals surface area contributed by atoms with Crippen molar-refractivity contribution in [1.29, 1.82) is 0 Å². The first-order valence-corrected chi connectivity index (χ1v) is 7.20. The fourth-order valence-electron chi connectivity index (χ4n) is 1.90. The number of aryl methyl sites for hydroxylation is 1. The van der Waals surface area contributed by atoms with E-state index in [4.69, 9.17) is 9.47 Å². The Bertz CT molecular complexity index is 512. The third-order valence-electron chi connectivity index (χ3n) is 2.94. The minimum absolute atomic E-state index is 0.307. The summed E-state index contributed by atoms with van der Waals surface area (Å²) in [5, 5.41) is 2.68. The molecule has 1 amide bonds. The summed E-state index contributed by atoms with van der Waals surface area (Å²) in [6, 6.07) is 5.58. The quantitative estimate of drug-likeness (QED) is 0.854. The van der Waals surface area contributed by atoms with Gasteiger partial charge in [0.1, 0.15) is 0 Å². The van der Waals surface area contributed by atoms with Gasteiger partial charge in [0, 0.05) is 11.1 Å². The van der Waals surface area contributed by atoms with Crippen LogP contribution in [0.1, 0.15) is 18.4 Å². The van der Waals surface area contributed by atoms with Gasteiger partial charge in [0.25, 0.3) is 5.91 Å². The van der Waals surface area contributed by atoms with Crippen LogP contribution in [-0.4, -0.2) is 31.2 Å². The minimum Gasteiger partial charge on any atom is -0.454 e. The summed E-state index contributed by atoms with van der Waals surface area (Å²) in [6.45, 7) is 2.22. The molecule has 1 fully saturated rings. The molecule has 1 saturated heterocycles. The van der Waals surface area contributed by atoms with Gasteiger partial charge in [-0.3, -0.25) is 4.79 Å². The van der Waals surface area contributed by atoms with Gasteiger partial charge in [0.2, 0.25) is 0 Å². The Balaban J connectivity index is 1.81. The van der Waals surface area contributed by atoms with E-state index in [9.17, 15) is 9.59 Å². The zero-order valence-corrected chi connectivity index (χ0v) is 12.7. The van der Waals surface area contributed by atoms with E-state index in [2.05, 4.69) is 21.2 Å². The average Bonchev–Trinajstić information content (AvgIpc) is 2.93. The van der Waals surface area contributed by atoms with Gasteiger partial charge in [-0.2, -0.15) is 0 Å². The normalized spacial score (nSPS) is 17.8. The van der Waals surface area contributed by atoms with Crippen molar-refractivity contribution in [3.8, 4) is 0 Å². The molecule has 0 aromatic heterocycles. The fourth-order valence-corrected chi connectivity index (χ4v) is 2.49. The Morgan fingerprint density at radius 3 is 2.95 bits per heavy atom. The van der Waals surface area contributed by atoms with Crippen molar-refractivity contribution in [3.05, 3.63) is 28.2 Å². The molecule has 1 atom stereocenters. The lowest BCUT2D eigenvalue weighted by molar-refractivity contribution is -0.156. The van der Waals surface area contributed by atoms with E-state index in [-0.39, 0.29) is 12.5 Å². The number of rotatable bonds is 4. The number of esters is 1. The van der Waals surface area contributed by atoms with Gasteiger partial charge >= 0.3 is 5.97 Å². The molecule has 0 saturated carbocycles. The van der Waals surface area contributed by atoms with E-state index in [1.165, 1.54) is 0 Å². The second-order valence-corrected chi connectivity index (χ2v) is 5.50. The second-order valence-electron chi connectivity index (χ2n) is 4.64. The molecule has 20 heavy (non-hydrogen) atoms. The number of amides is 1. The molecule has 0 spiro atoms. The zero-order chi connectivity index (χ0) is 14.5. The summed E-state index contributed by atoms with van der Waals surface area (Å²) in [4.78, 5) is 23.3. The number of hydrogen-bond acceptors (Lipinski definition) is 4. The molecule has 0 radical (unpaired) electrons. The summed E-state index contributed by atoms with van der Waals surface area (Å²) in [5.41, 5.74) is 1.73. The molecule has 1 aromatic rings. The maximum absolute atomic E-state index is 11.7. The molecule has 108 valence electrons. The highest BCUT2D eigenvalue weighted by Crippen LogP contribution is 2.23. The summed E-state index contributed by atoms with van der Waals surface area (Å²) < 4.78 is 10.9. The van der Waals surface area contributed by atoms with Crippen molar-refractivity contribution >= 4 is 33.5 Å². The maximum atomic E-state index is 11.7. The van der Waals surface area contributed by atoms with Crippen molar-refractivity contribution < 1.29 is 19.1 Å². The topological polar surface area (TPSA) is 64.6 Å². The summed E-state index contributed by atoms with van der Waals surface area (Å²) in [7, 11) is 0. The van der Waals surface area contributed by atoms with Crippen molar-refractivity contribution in [1.82, 2.24) is 0 Å². The number of nitrogens with one attached hydrogen (secondary N) is 1. The Morgan fingerprint density at radius 1 is 1.50 bits per heavy atom.